The molecule has 3 aromatic heterocycles. The van der Waals surface area contributed by atoms with Gasteiger partial charge in [0.1, 0.15) is 11.6 Å². The molecule has 1 fully saturated rings. The van der Waals surface area contributed by atoms with Gasteiger partial charge in [0.15, 0.2) is 0 Å². The molecule has 4 aromatic rings. The average Bonchev–Trinajstić information content (AvgIpc) is 3.25. The Kier molecular flexibility index (Phi) is 7.35. The number of piperidine rings is 1. The molecule has 1 aliphatic heterocycles. The first-order valence-corrected chi connectivity index (χ1v) is 12.8. The zero-order valence-electron chi connectivity index (χ0n) is 21.6. The first-order chi connectivity index (χ1) is 18.4. The van der Waals surface area contributed by atoms with E-state index in [0.29, 0.717) is 23.0 Å². The van der Waals surface area contributed by atoms with E-state index in [0.717, 1.165) is 60.3 Å². The van der Waals surface area contributed by atoms with Gasteiger partial charge < -0.3 is 16.5 Å². The van der Waals surface area contributed by atoms with Crippen molar-refractivity contribution in [2.75, 3.05) is 18.8 Å². The first-order valence-electron chi connectivity index (χ1n) is 12.8. The van der Waals surface area contributed by atoms with Crippen LogP contribution in [0.3, 0.4) is 0 Å². The number of anilines is 1. The van der Waals surface area contributed by atoms with Crippen LogP contribution in [-0.4, -0.2) is 43.6 Å². The van der Waals surface area contributed by atoms with Gasteiger partial charge in [0.05, 0.1) is 16.3 Å². The summed E-state index contributed by atoms with van der Waals surface area (Å²) >= 11 is 0. The summed E-state index contributed by atoms with van der Waals surface area (Å²) < 4.78 is 2.01. The number of pyridine rings is 2. The number of allylic oxidation sites excluding steroid dienone is 2. The predicted molar refractivity (Wildman–Crippen MR) is 154 cm³/mol. The molecule has 0 amide bonds. The van der Waals surface area contributed by atoms with E-state index in [9.17, 15) is 4.79 Å². The van der Waals surface area contributed by atoms with Crippen molar-refractivity contribution in [1.29, 1.82) is 0 Å². The van der Waals surface area contributed by atoms with Crippen LogP contribution in [0.15, 0.2) is 71.7 Å². The van der Waals surface area contributed by atoms with E-state index in [1.807, 2.05) is 41.8 Å². The SMILES string of the molecule is C=c1/c(=C\C=C(/C)c2cccc(=O)[nH]2)nc(-c2cccnc2N)n1-c1ccc(CN2CCC(N)CC2)cc1. The van der Waals surface area contributed by atoms with Gasteiger partial charge in [-0.2, -0.15) is 0 Å². The highest BCUT2D eigenvalue weighted by molar-refractivity contribution is 5.71. The molecule has 0 atom stereocenters. The van der Waals surface area contributed by atoms with Gasteiger partial charge in [0.25, 0.3) is 0 Å². The summed E-state index contributed by atoms with van der Waals surface area (Å²) in [6.45, 7) is 9.26. The number of hydrogen-bond donors (Lipinski definition) is 3. The lowest BCUT2D eigenvalue weighted by atomic mass is 10.1. The van der Waals surface area contributed by atoms with E-state index in [2.05, 4.69) is 45.7 Å². The summed E-state index contributed by atoms with van der Waals surface area (Å²) in [4.78, 5) is 26.2. The van der Waals surface area contributed by atoms with Crippen LogP contribution in [0.1, 0.15) is 31.0 Å². The summed E-state index contributed by atoms with van der Waals surface area (Å²) in [5, 5.41) is 1.43. The van der Waals surface area contributed by atoms with Crippen LogP contribution < -0.4 is 27.7 Å². The van der Waals surface area contributed by atoms with Gasteiger partial charge in [-0.1, -0.05) is 30.9 Å². The molecular weight excluding hydrogens is 474 g/mol. The van der Waals surface area contributed by atoms with Crippen LogP contribution in [0.5, 0.6) is 0 Å². The second kappa shape index (κ2) is 11.0. The minimum atomic E-state index is -0.140. The number of nitrogens with two attached hydrogens (primary N) is 2. The van der Waals surface area contributed by atoms with Crippen molar-refractivity contribution in [1.82, 2.24) is 24.4 Å². The highest BCUT2D eigenvalue weighted by Crippen LogP contribution is 2.23. The summed E-state index contributed by atoms with van der Waals surface area (Å²) in [6.07, 6.45) is 7.59. The first kappa shape index (κ1) is 25.4. The fourth-order valence-corrected chi connectivity index (χ4v) is 4.76. The normalized spacial score (nSPS) is 15.7. The standard InChI is InChI=1S/C30H33N7O/c1-20(26-6-3-7-28(38)34-26)8-13-27-21(2)37(30(35-27)25-5-4-16-33-29(25)32)24-11-9-22(10-12-24)19-36-17-14-23(31)15-18-36/h3-13,16,23H,2,14-15,17-19,31H2,1H3,(H2,32,33)(H,34,38)/b20-8+,27-13+. The van der Waals surface area contributed by atoms with Crippen LogP contribution in [0.25, 0.3) is 35.3 Å². The van der Waals surface area contributed by atoms with Crippen molar-refractivity contribution in [3.05, 3.63) is 99.2 Å². The minimum absolute atomic E-state index is 0.140. The number of aromatic nitrogens is 4. The van der Waals surface area contributed by atoms with Crippen LogP contribution >= 0.6 is 0 Å². The molecule has 0 saturated carbocycles. The Balaban J connectivity index is 1.53. The third-order valence-corrected chi connectivity index (χ3v) is 7.00. The maximum absolute atomic E-state index is 11.7. The second-order valence-corrected chi connectivity index (χ2v) is 9.76. The molecule has 8 nitrogen and oxygen atoms in total. The van der Waals surface area contributed by atoms with Gasteiger partial charge in [-0.3, -0.25) is 14.3 Å². The number of nitrogens with zero attached hydrogens (tertiary/aromatic N) is 4. The van der Waals surface area contributed by atoms with E-state index < -0.39 is 0 Å². The fourth-order valence-electron chi connectivity index (χ4n) is 4.76. The lowest BCUT2D eigenvalue weighted by Gasteiger charge is -2.30. The summed E-state index contributed by atoms with van der Waals surface area (Å²) in [5.74, 6) is 1.07. The number of nitrogen functional groups attached to an aromatic ring is 1. The molecule has 5 N–H and O–H groups in total. The van der Waals surface area contributed by atoms with Crippen molar-refractivity contribution >= 4 is 24.0 Å². The monoisotopic (exact) mass is 507 g/mol. The zero-order chi connectivity index (χ0) is 26.6. The van der Waals surface area contributed by atoms with E-state index in [1.165, 1.54) is 11.6 Å². The highest BCUT2D eigenvalue weighted by atomic mass is 16.1. The van der Waals surface area contributed by atoms with Gasteiger partial charge in [-0.15, -0.1) is 0 Å². The smallest absolute Gasteiger partial charge is 0.248 e. The largest absolute Gasteiger partial charge is 0.383 e. The highest BCUT2D eigenvalue weighted by Gasteiger charge is 2.17. The number of nitrogens with one attached hydrogen (secondary N) is 1. The predicted octanol–water partition coefficient (Wildman–Crippen LogP) is 2.42. The quantitative estimate of drug-likeness (QED) is 0.369. The summed E-state index contributed by atoms with van der Waals surface area (Å²) in [6, 6.07) is 17.7. The summed E-state index contributed by atoms with van der Waals surface area (Å²) in [5.41, 5.74) is 16.8. The summed E-state index contributed by atoms with van der Waals surface area (Å²) in [7, 11) is 0. The molecular formula is C30H33N7O. The zero-order valence-corrected chi connectivity index (χ0v) is 21.6. The molecule has 1 saturated heterocycles. The Morgan fingerprint density at radius 3 is 2.61 bits per heavy atom. The molecule has 0 unspecified atom stereocenters. The topological polar surface area (TPSA) is 119 Å². The number of imidazole rings is 1. The third-order valence-electron chi connectivity index (χ3n) is 7.00. The number of hydrogen-bond acceptors (Lipinski definition) is 6. The Morgan fingerprint density at radius 1 is 1.13 bits per heavy atom. The molecule has 1 aliphatic rings. The van der Waals surface area contributed by atoms with Crippen LogP contribution in [0.4, 0.5) is 5.82 Å². The molecule has 8 heteroatoms. The van der Waals surface area contributed by atoms with E-state index in [4.69, 9.17) is 16.5 Å². The minimum Gasteiger partial charge on any atom is -0.383 e. The maximum Gasteiger partial charge on any atom is 0.248 e. The van der Waals surface area contributed by atoms with Crippen molar-refractivity contribution in [3.8, 4) is 17.1 Å². The Bertz CT molecular complexity index is 1620. The van der Waals surface area contributed by atoms with Crippen LogP contribution in [0, 0.1) is 0 Å². The molecule has 194 valence electrons. The number of aromatic amines is 1. The van der Waals surface area contributed by atoms with Gasteiger partial charge in [-0.25, -0.2) is 9.97 Å². The van der Waals surface area contributed by atoms with Crippen LogP contribution in [-0.2, 0) is 6.54 Å². The Labute approximate surface area is 221 Å². The number of rotatable bonds is 6. The third kappa shape index (κ3) is 5.51. The second-order valence-electron chi connectivity index (χ2n) is 9.76. The molecule has 38 heavy (non-hydrogen) atoms. The van der Waals surface area contributed by atoms with Gasteiger partial charge >= 0.3 is 0 Å². The molecule has 0 aliphatic carbocycles. The van der Waals surface area contributed by atoms with Gasteiger partial charge in [-0.05, 0) is 80.4 Å². The molecule has 5 rings (SSSR count). The average molecular weight is 508 g/mol. The van der Waals surface area contributed by atoms with Crippen molar-refractivity contribution in [2.24, 2.45) is 5.73 Å². The Morgan fingerprint density at radius 2 is 1.89 bits per heavy atom. The molecule has 1 aromatic carbocycles. The van der Waals surface area contributed by atoms with E-state index >= 15 is 0 Å². The van der Waals surface area contributed by atoms with Crippen molar-refractivity contribution in [2.45, 2.75) is 32.4 Å². The number of H-pyrrole nitrogens is 1. The van der Waals surface area contributed by atoms with Crippen molar-refractivity contribution in [3.63, 3.8) is 0 Å². The maximum atomic E-state index is 11.7. The van der Waals surface area contributed by atoms with Gasteiger partial charge in [0.2, 0.25) is 5.56 Å². The lowest BCUT2D eigenvalue weighted by molar-refractivity contribution is 0.205. The van der Waals surface area contributed by atoms with Gasteiger partial charge in [0, 0.05) is 36.2 Å². The van der Waals surface area contributed by atoms with E-state index in [1.54, 1.807) is 12.3 Å². The van der Waals surface area contributed by atoms with Crippen LogP contribution in [0.2, 0.25) is 0 Å². The molecule has 4 heterocycles. The lowest BCUT2D eigenvalue weighted by Crippen LogP contribution is -2.39. The Hall–Kier alpha value is -4.27. The number of benzene rings is 1. The fraction of sp³-hybridized carbons (Fsp3) is 0.233. The van der Waals surface area contributed by atoms with Crippen molar-refractivity contribution < 1.29 is 0 Å². The molecule has 0 spiro atoms. The molecule has 0 bridgehead atoms. The van der Waals surface area contributed by atoms with E-state index in [-0.39, 0.29) is 5.56 Å². The molecule has 0 radical (unpaired) electrons. The number of likely N-dealkylation sites (tertiary alicyclic amines) is 1.